The van der Waals surface area contributed by atoms with E-state index in [1.807, 2.05) is 24.3 Å². The molecule has 0 aliphatic heterocycles. The Morgan fingerprint density at radius 2 is 2.28 bits per heavy atom. The molecule has 0 aromatic heterocycles. The van der Waals surface area contributed by atoms with Crippen molar-refractivity contribution in [2.45, 2.75) is 31.7 Å². The number of ether oxygens (including phenoxy) is 1. The SMILES string of the molecule is COc1cccc(NC2CCCC(C(=O)O)C2)c1. The molecule has 2 rings (SSSR count). The summed E-state index contributed by atoms with van der Waals surface area (Å²) in [5, 5.41) is 12.5. The van der Waals surface area contributed by atoms with Crippen molar-refractivity contribution in [2.24, 2.45) is 5.92 Å². The van der Waals surface area contributed by atoms with Crippen molar-refractivity contribution in [3.05, 3.63) is 24.3 Å². The van der Waals surface area contributed by atoms with Crippen molar-refractivity contribution in [1.82, 2.24) is 0 Å². The van der Waals surface area contributed by atoms with Crippen LogP contribution < -0.4 is 10.1 Å². The van der Waals surface area contributed by atoms with Crippen LogP contribution in [0.1, 0.15) is 25.7 Å². The van der Waals surface area contributed by atoms with Gasteiger partial charge in [-0.2, -0.15) is 0 Å². The first-order valence-corrected chi connectivity index (χ1v) is 6.32. The van der Waals surface area contributed by atoms with Crippen LogP contribution in [0.15, 0.2) is 24.3 Å². The van der Waals surface area contributed by atoms with E-state index in [1.165, 1.54) is 0 Å². The summed E-state index contributed by atoms with van der Waals surface area (Å²) in [6.07, 6.45) is 3.50. The van der Waals surface area contributed by atoms with E-state index >= 15 is 0 Å². The Morgan fingerprint density at radius 3 is 3.00 bits per heavy atom. The summed E-state index contributed by atoms with van der Waals surface area (Å²) in [6, 6.07) is 7.98. The van der Waals surface area contributed by atoms with Crippen LogP contribution in [0.3, 0.4) is 0 Å². The van der Waals surface area contributed by atoms with Crippen molar-refractivity contribution in [3.8, 4) is 5.75 Å². The Labute approximate surface area is 107 Å². The van der Waals surface area contributed by atoms with Crippen LogP contribution in [0.2, 0.25) is 0 Å². The second-order valence-corrected chi connectivity index (χ2v) is 4.77. The molecule has 0 heterocycles. The minimum Gasteiger partial charge on any atom is -0.497 e. The number of hydrogen-bond acceptors (Lipinski definition) is 3. The van der Waals surface area contributed by atoms with E-state index in [-0.39, 0.29) is 12.0 Å². The van der Waals surface area contributed by atoms with Gasteiger partial charge in [0.15, 0.2) is 0 Å². The molecule has 1 aliphatic rings. The van der Waals surface area contributed by atoms with E-state index in [0.717, 1.165) is 30.7 Å². The highest BCUT2D eigenvalue weighted by Gasteiger charge is 2.26. The van der Waals surface area contributed by atoms with Gasteiger partial charge in [-0.05, 0) is 31.4 Å². The largest absolute Gasteiger partial charge is 0.497 e. The summed E-state index contributed by atoms with van der Waals surface area (Å²) in [5.41, 5.74) is 0.991. The Morgan fingerprint density at radius 1 is 1.44 bits per heavy atom. The lowest BCUT2D eigenvalue weighted by Gasteiger charge is -2.28. The molecular weight excluding hydrogens is 230 g/mol. The predicted octanol–water partition coefficient (Wildman–Crippen LogP) is 2.75. The molecule has 1 aromatic carbocycles. The predicted molar refractivity (Wildman–Crippen MR) is 70.0 cm³/mol. The number of methoxy groups -OCH3 is 1. The van der Waals surface area contributed by atoms with E-state index < -0.39 is 5.97 Å². The fraction of sp³-hybridized carbons (Fsp3) is 0.500. The van der Waals surface area contributed by atoms with Crippen molar-refractivity contribution >= 4 is 11.7 Å². The summed E-state index contributed by atoms with van der Waals surface area (Å²) in [7, 11) is 1.64. The topological polar surface area (TPSA) is 58.6 Å². The maximum atomic E-state index is 11.0. The van der Waals surface area contributed by atoms with Gasteiger partial charge in [0.25, 0.3) is 0 Å². The van der Waals surface area contributed by atoms with E-state index in [0.29, 0.717) is 6.42 Å². The standard InChI is InChI=1S/C14H19NO3/c1-18-13-7-3-6-12(9-13)15-11-5-2-4-10(8-11)14(16)17/h3,6-7,9-11,15H,2,4-5,8H2,1H3,(H,16,17). The minimum absolute atomic E-state index is 0.207. The third-order valence-corrected chi connectivity index (χ3v) is 3.46. The lowest BCUT2D eigenvalue weighted by Crippen LogP contribution is -2.30. The number of carbonyl (C=O) groups is 1. The molecule has 0 spiro atoms. The average Bonchev–Trinajstić information content (AvgIpc) is 2.39. The number of anilines is 1. The van der Waals surface area contributed by atoms with Crippen LogP contribution >= 0.6 is 0 Å². The highest BCUT2D eigenvalue weighted by atomic mass is 16.5. The molecule has 1 aromatic rings. The van der Waals surface area contributed by atoms with Crippen molar-refractivity contribution in [1.29, 1.82) is 0 Å². The van der Waals surface area contributed by atoms with Gasteiger partial charge in [-0.3, -0.25) is 4.79 Å². The minimum atomic E-state index is -0.674. The highest BCUT2D eigenvalue weighted by molar-refractivity contribution is 5.70. The van der Waals surface area contributed by atoms with Gasteiger partial charge in [-0.1, -0.05) is 12.5 Å². The van der Waals surface area contributed by atoms with Crippen LogP contribution in [0.5, 0.6) is 5.75 Å². The number of carboxylic acids is 1. The number of nitrogens with one attached hydrogen (secondary N) is 1. The van der Waals surface area contributed by atoms with Crippen molar-refractivity contribution in [3.63, 3.8) is 0 Å². The molecule has 2 unspecified atom stereocenters. The first-order valence-electron chi connectivity index (χ1n) is 6.32. The first-order chi connectivity index (χ1) is 8.69. The van der Waals surface area contributed by atoms with Crippen molar-refractivity contribution in [2.75, 3.05) is 12.4 Å². The molecule has 1 fully saturated rings. The Bertz CT molecular complexity index is 419. The average molecular weight is 249 g/mol. The number of rotatable bonds is 4. The van der Waals surface area contributed by atoms with Gasteiger partial charge in [0.1, 0.15) is 5.75 Å². The second-order valence-electron chi connectivity index (χ2n) is 4.77. The van der Waals surface area contributed by atoms with E-state index in [2.05, 4.69) is 5.32 Å². The summed E-state index contributed by atoms with van der Waals surface area (Å²) < 4.78 is 5.17. The Balaban J connectivity index is 1.97. The normalized spacial score (nSPS) is 23.4. The van der Waals surface area contributed by atoms with Gasteiger partial charge in [-0.25, -0.2) is 0 Å². The molecule has 0 radical (unpaired) electrons. The third-order valence-electron chi connectivity index (χ3n) is 3.46. The Kier molecular flexibility index (Phi) is 4.07. The van der Waals surface area contributed by atoms with E-state index in [9.17, 15) is 4.79 Å². The first kappa shape index (κ1) is 12.7. The van der Waals surface area contributed by atoms with Gasteiger partial charge in [0, 0.05) is 17.8 Å². The van der Waals surface area contributed by atoms with Gasteiger partial charge in [0.05, 0.1) is 13.0 Å². The monoisotopic (exact) mass is 249 g/mol. The maximum Gasteiger partial charge on any atom is 0.306 e. The van der Waals surface area contributed by atoms with E-state index in [1.54, 1.807) is 7.11 Å². The molecule has 0 bridgehead atoms. The molecule has 1 aliphatic carbocycles. The maximum absolute atomic E-state index is 11.0. The van der Waals surface area contributed by atoms with Crippen LogP contribution in [-0.4, -0.2) is 24.2 Å². The molecule has 0 amide bonds. The Hall–Kier alpha value is -1.71. The van der Waals surface area contributed by atoms with Crippen molar-refractivity contribution < 1.29 is 14.6 Å². The number of carboxylic acid groups (broad SMARTS) is 1. The van der Waals surface area contributed by atoms with Crippen LogP contribution in [-0.2, 0) is 4.79 Å². The summed E-state index contributed by atoms with van der Waals surface area (Å²) in [6.45, 7) is 0. The molecule has 0 saturated heterocycles. The van der Waals surface area contributed by atoms with Gasteiger partial charge >= 0.3 is 5.97 Å². The molecule has 98 valence electrons. The van der Waals surface area contributed by atoms with Crippen LogP contribution in [0, 0.1) is 5.92 Å². The quantitative estimate of drug-likeness (QED) is 0.861. The van der Waals surface area contributed by atoms with Gasteiger partial charge in [0.2, 0.25) is 0 Å². The van der Waals surface area contributed by atoms with Crippen LogP contribution in [0.4, 0.5) is 5.69 Å². The molecule has 1 saturated carbocycles. The van der Waals surface area contributed by atoms with E-state index in [4.69, 9.17) is 9.84 Å². The summed E-state index contributed by atoms with van der Waals surface area (Å²) >= 11 is 0. The third kappa shape index (κ3) is 3.15. The summed E-state index contributed by atoms with van der Waals surface area (Å²) in [5.74, 6) is -0.0698. The number of hydrogen-bond donors (Lipinski definition) is 2. The number of benzene rings is 1. The zero-order valence-electron chi connectivity index (χ0n) is 10.6. The highest BCUT2D eigenvalue weighted by Crippen LogP contribution is 2.27. The molecule has 2 N–H and O–H groups in total. The fourth-order valence-corrected chi connectivity index (χ4v) is 2.49. The number of aliphatic carboxylic acids is 1. The smallest absolute Gasteiger partial charge is 0.306 e. The summed E-state index contributed by atoms with van der Waals surface area (Å²) in [4.78, 5) is 11.0. The van der Waals surface area contributed by atoms with Gasteiger partial charge in [-0.15, -0.1) is 0 Å². The molecule has 4 heteroatoms. The molecular formula is C14H19NO3. The second kappa shape index (κ2) is 5.76. The lowest BCUT2D eigenvalue weighted by molar-refractivity contribution is -0.142. The van der Waals surface area contributed by atoms with Crippen LogP contribution in [0.25, 0.3) is 0 Å². The molecule has 4 nitrogen and oxygen atoms in total. The fourth-order valence-electron chi connectivity index (χ4n) is 2.49. The zero-order chi connectivity index (χ0) is 13.0. The lowest BCUT2D eigenvalue weighted by atomic mass is 9.85. The zero-order valence-corrected chi connectivity index (χ0v) is 10.6. The molecule has 18 heavy (non-hydrogen) atoms. The molecule has 2 atom stereocenters. The van der Waals surface area contributed by atoms with Gasteiger partial charge < -0.3 is 15.2 Å².